The normalized spacial score (nSPS) is 18.4. The van der Waals surface area contributed by atoms with Gasteiger partial charge in [-0.2, -0.15) is 0 Å². The van der Waals surface area contributed by atoms with Crippen LogP contribution in [0.1, 0.15) is 27.7 Å². The van der Waals surface area contributed by atoms with Crippen LogP contribution in [0.5, 0.6) is 0 Å². The zero-order valence-electron chi connectivity index (χ0n) is 9.74. The first-order valence-electron chi connectivity index (χ1n) is 5.05. The third-order valence-electron chi connectivity index (χ3n) is 1.97. The van der Waals surface area contributed by atoms with Crippen LogP contribution in [0, 0.1) is 0 Å². The molecule has 2 heteroatoms. The Morgan fingerprint density at radius 1 is 1.36 bits per heavy atom. The van der Waals surface area contributed by atoms with Crippen molar-refractivity contribution in [3.8, 4) is 0 Å². The molecule has 0 spiro atoms. The molecule has 0 radical (unpaired) electrons. The molecule has 0 aromatic rings. The fourth-order valence-electron chi connectivity index (χ4n) is 1.08. The lowest BCUT2D eigenvalue weighted by molar-refractivity contribution is 0.198. The van der Waals surface area contributed by atoms with E-state index in [2.05, 4.69) is 18.5 Å². The van der Waals surface area contributed by atoms with E-state index in [0.717, 1.165) is 29.1 Å². The van der Waals surface area contributed by atoms with E-state index in [0.29, 0.717) is 6.61 Å². The number of rotatable bonds is 1. The zero-order chi connectivity index (χ0) is 11.1. The lowest BCUT2D eigenvalue weighted by atomic mass is 10.1. The molecule has 0 unspecified atom stereocenters. The van der Waals surface area contributed by atoms with Gasteiger partial charge in [-0.05, 0) is 19.4 Å². The van der Waals surface area contributed by atoms with Crippen molar-refractivity contribution < 1.29 is 4.74 Å². The molecule has 80 valence electrons. The summed E-state index contributed by atoms with van der Waals surface area (Å²) in [6.07, 6.45) is 0. The summed E-state index contributed by atoms with van der Waals surface area (Å²) < 4.78 is 5.31. The Hall–Kier alpha value is -1.18. The van der Waals surface area contributed by atoms with Crippen LogP contribution in [-0.2, 0) is 4.74 Å². The molecule has 1 heterocycles. The Labute approximate surface area is 87.3 Å². The zero-order valence-corrected chi connectivity index (χ0v) is 9.74. The van der Waals surface area contributed by atoms with Crippen molar-refractivity contribution in [1.29, 1.82) is 0 Å². The van der Waals surface area contributed by atoms with Crippen LogP contribution in [0.2, 0.25) is 0 Å². The molecule has 0 aromatic carbocycles. The lowest BCUT2D eigenvalue weighted by Gasteiger charge is -2.22. The first-order chi connectivity index (χ1) is 6.63. The summed E-state index contributed by atoms with van der Waals surface area (Å²) in [5, 5.41) is 3.24. The molecule has 0 bridgehead atoms. The Bertz CT molecular complexity index is 251. The standard InChI is InChI=1S/C10H15NO.C2H6/c1-7(2)8(3)10-9(4)12-6-5-11-10;1-2/h11H,1,4-6H2,2-3H3;1-2H3/b10-8+;. The Balaban J connectivity index is 0.000000791. The summed E-state index contributed by atoms with van der Waals surface area (Å²) in [4.78, 5) is 0. The van der Waals surface area contributed by atoms with E-state index < -0.39 is 0 Å². The summed E-state index contributed by atoms with van der Waals surface area (Å²) in [5.41, 5.74) is 3.16. The Morgan fingerprint density at radius 2 is 1.93 bits per heavy atom. The van der Waals surface area contributed by atoms with Crippen molar-refractivity contribution in [3.63, 3.8) is 0 Å². The van der Waals surface area contributed by atoms with Crippen molar-refractivity contribution in [2.45, 2.75) is 27.7 Å². The molecule has 1 aliphatic heterocycles. The highest BCUT2D eigenvalue weighted by Crippen LogP contribution is 2.18. The second-order valence-corrected chi connectivity index (χ2v) is 2.98. The highest BCUT2D eigenvalue weighted by Gasteiger charge is 2.12. The predicted molar refractivity (Wildman–Crippen MR) is 62.0 cm³/mol. The molecule has 0 saturated carbocycles. The number of hydrogen-bond acceptors (Lipinski definition) is 2. The summed E-state index contributed by atoms with van der Waals surface area (Å²) in [7, 11) is 0. The van der Waals surface area contributed by atoms with E-state index in [1.54, 1.807) is 0 Å². The van der Waals surface area contributed by atoms with Crippen LogP contribution in [0.25, 0.3) is 0 Å². The summed E-state index contributed by atoms with van der Waals surface area (Å²) in [5.74, 6) is 0.724. The molecule has 1 saturated heterocycles. The Kier molecular flexibility index (Phi) is 5.77. The summed E-state index contributed by atoms with van der Waals surface area (Å²) in [6.45, 7) is 17.2. The molecule has 1 rings (SSSR count). The van der Waals surface area contributed by atoms with Crippen LogP contribution in [-0.4, -0.2) is 13.2 Å². The smallest absolute Gasteiger partial charge is 0.135 e. The SMILES string of the molecule is C=C(C)/C(C)=C1/NCCOC1=C.CC. The van der Waals surface area contributed by atoms with Gasteiger partial charge in [0.2, 0.25) is 0 Å². The monoisotopic (exact) mass is 195 g/mol. The van der Waals surface area contributed by atoms with Gasteiger partial charge in [-0.25, -0.2) is 0 Å². The van der Waals surface area contributed by atoms with Crippen molar-refractivity contribution in [2.24, 2.45) is 0 Å². The molecule has 2 nitrogen and oxygen atoms in total. The highest BCUT2D eigenvalue weighted by molar-refractivity contribution is 5.38. The molecule has 0 atom stereocenters. The number of morpholine rings is 1. The van der Waals surface area contributed by atoms with Gasteiger partial charge in [0.1, 0.15) is 12.4 Å². The van der Waals surface area contributed by atoms with E-state index in [-0.39, 0.29) is 0 Å². The second kappa shape index (κ2) is 6.30. The van der Waals surface area contributed by atoms with Gasteiger partial charge in [0.05, 0.1) is 5.70 Å². The van der Waals surface area contributed by atoms with E-state index >= 15 is 0 Å². The van der Waals surface area contributed by atoms with Crippen molar-refractivity contribution in [3.05, 3.63) is 35.8 Å². The maximum absolute atomic E-state index is 5.31. The maximum Gasteiger partial charge on any atom is 0.135 e. The minimum atomic E-state index is 0.700. The van der Waals surface area contributed by atoms with Gasteiger partial charge < -0.3 is 10.1 Å². The van der Waals surface area contributed by atoms with E-state index in [1.807, 2.05) is 27.7 Å². The minimum Gasteiger partial charge on any atom is -0.490 e. The third kappa shape index (κ3) is 3.29. The largest absolute Gasteiger partial charge is 0.490 e. The van der Waals surface area contributed by atoms with Crippen LogP contribution >= 0.6 is 0 Å². The highest BCUT2D eigenvalue weighted by atomic mass is 16.5. The van der Waals surface area contributed by atoms with Crippen LogP contribution in [0.4, 0.5) is 0 Å². The molecule has 0 aliphatic carbocycles. The molecule has 1 aliphatic rings. The third-order valence-corrected chi connectivity index (χ3v) is 1.97. The van der Waals surface area contributed by atoms with Crippen LogP contribution in [0.15, 0.2) is 35.8 Å². The predicted octanol–water partition coefficient (Wildman–Crippen LogP) is 3.00. The number of allylic oxidation sites excluding steroid dienone is 2. The number of hydrogen-bond donors (Lipinski definition) is 1. The van der Waals surface area contributed by atoms with Gasteiger partial charge in [0.15, 0.2) is 0 Å². The van der Waals surface area contributed by atoms with Gasteiger partial charge in [-0.15, -0.1) is 0 Å². The van der Waals surface area contributed by atoms with Crippen LogP contribution in [0.3, 0.4) is 0 Å². The van der Waals surface area contributed by atoms with Gasteiger partial charge in [-0.1, -0.05) is 32.6 Å². The van der Waals surface area contributed by atoms with Crippen molar-refractivity contribution in [1.82, 2.24) is 5.32 Å². The quantitative estimate of drug-likeness (QED) is 0.694. The minimum absolute atomic E-state index is 0.700. The summed E-state index contributed by atoms with van der Waals surface area (Å²) in [6, 6.07) is 0. The molecule has 0 amide bonds. The van der Waals surface area contributed by atoms with E-state index in [9.17, 15) is 0 Å². The molecular formula is C12H21NO. The average Bonchev–Trinajstić information content (AvgIpc) is 2.20. The maximum atomic E-state index is 5.31. The topological polar surface area (TPSA) is 21.3 Å². The Morgan fingerprint density at radius 3 is 2.36 bits per heavy atom. The van der Waals surface area contributed by atoms with Crippen molar-refractivity contribution >= 4 is 0 Å². The number of nitrogens with one attached hydrogen (secondary N) is 1. The lowest BCUT2D eigenvalue weighted by Crippen LogP contribution is -2.28. The first kappa shape index (κ1) is 12.8. The van der Waals surface area contributed by atoms with Crippen LogP contribution < -0.4 is 5.32 Å². The first-order valence-corrected chi connectivity index (χ1v) is 5.05. The molecule has 1 N–H and O–H groups in total. The second-order valence-electron chi connectivity index (χ2n) is 2.98. The van der Waals surface area contributed by atoms with Gasteiger partial charge in [0, 0.05) is 6.54 Å². The van der Waals surface area contributed by atoms with E-state index in [1.165, 1.54) is 0 Å². The fraction of sp³-hybridized carbons (Fsp3) is 0.500. The molecule has 0 aromatic heterocycles. The number of ether oxygens (including phenoxy) is 1. The van der Waals surface area contributed by atoms with Gasteiger partial charge >= 0.3 is 0 Å². The van der Waals surface area contributed by atoms with Gasteiger partial charge in [-0.3, -0.25) is 0 Å². The summed E-state index contributed by atoms with van der Waals surface area (Å²) >= 11 is 0. The molecule has 1 fully saturated rings. The fourth-order valence-corrected chi connectivity index (χ4v) is 1.08. The van der Waals surface area contributed by atoms with E-state index in [4.69, 9.17) is 4.74 Å². The molecule has 14 heavy (non-hydrogen) atoms. The molecular weight excluding hydrogens is 174 g/mol. The van der Waals surface area contributed by atoms with Crippen molar-refractivity contribution in [2.75, 3.05) is 13.2 Å². The average molecular weight is 195 g/mol. The van der Waals surface area contributed by atoms with Gasteiger partial charge in [0.25, 0.3) is 0 Å².